The van der Waals surface area contributed by atoms with Crippen molar-refractivity contribution in [2.45, 2.75) is 18.9 Å². The Morgan fingerprint density at radius 3 is 2.93 bits per heavy atom. The lowest BCUT2D eigenvalue weighted by Crippen LogP contribution is -2.40. The van der Waals surface area contributed by atoms with Crippen molar-refractivity contribution in [1.82, 2.24) is 4.98 Å². The Labute approximate surface area is 84.3 Å². The minimum absolute atomic E-state index is 0.192. The van der Waals surface area contributed by atoms with Gasteiger partial charge in [0.15, 0.2) is 0 Å². The summed E-state index contributed by atoms with van der Waals surface area (Å²) in [7, 11) is 0. The van der Waals surface area contributed by atoms with Crippen molar-refractivity contribution in [3.8, 4) is 0 Å². The first-order valence-electron chi connectivity index (χ1n) is 5.08. The van der Waals surface area contributed by atoms with Gasteiger partial charge in [-0.2, -0.15) is 0 Å². The molecule has 0 radical (unpaired) electrons. The zero-order chi connectivity index (χ0) is 9.80. The van der Waals surface area contributed by atoms with Crippen molar-refractivity contribution in [3.63, 3.8) is 0 Å². The zero-order valence-electron chi connectivity index (χ0n) is 8.23. The summed E-state index contributed by atoms with van der Waals surface area (Å²) in [6, 6.07) is 4.31. The third-order valence-corrected chi connectivity index (χ3v) is 2.80. The smallest absolute Gasteiger partial charge is 0.0620 e. The van der Waals surface area contributed by atoms with Crippen molar-refractivity contribution < 1.29 is 4.74 Å². The number of aromatic nitrogens is 1. The third kappa shape index (κ3) is 2.30. The van der Waals surface area contributed by atoms with Crippen LogP contribution in [-0.2, 0) is 11.2 Å². The highest BCUT2D eigenvalue weighted by Crippen LogP contribution is 2.18. The first-order valence-corrected chi connectivity index (χ1v) is 5.08. The molecule has 2 unspecified atom stereocenters. The lowest BCUT2D eigenvalue weighted by atomic mass is 9.89. The van der Waals surface area contributed by atoms with E-state index in [1.54, 1.807) is 0 Å². The van der Waals surface area contributed by atoms with E-state index in [-0.39, 0.29) is 6.04 Å². The van der Waals surface area contributed by atoms with E-state index >= 15 is 0 Å². The van der Waals surface area contributed by atoms with Crippen LogP contribution in [0, 0.1) is 5.92 Å². The molecule has 2 atom stereocenters. The van der Waals surface area contributed by atoms with E-state index in [2.05, 4.69) is 17.1 Å². The van der Waals surface area contributed by atoms with Crippen LogP contribution >= 0.6 is 0 Å². The van der Waals surface area contributed by atoms with Crippen LogP contribution in [-0.4, -0.2) is 24.2 Å². The van der Waals surface area contributed by atoms with Gasteiger partial charge in [0.05, 0.1) is 6.61 Å². The van der Waals surface area contributed by atoms with Crippen LogP contribution < -0.4 is 5.73 Å². The molecule has 1 fully saturated rings. The number of hydrogen-bond acceptors (Lipinski definition) is 3. The van der Waals surface area contributed by atoms with Gasteiger partial charge < -0.3 is 10.5 Å². The first kappa shape index (κ1) is 9.62. The molecular formula is C11H16N2O. The molecule has 3 heteroatoms. The summed E-state index contributed by atoms with van der Waals surface area (Å²) in [4.78, 5) is 4.00. The molecule has 1 aromatic rings. The Morgan fingerprint density at radius 1 is 1.43 bits per heavy atom. The fraction of sp³-hybridized carbons (Fsp3) is 0.545. The molecule has 76 valence electrons. The van der Waals surface area contributed by atoms with Gasteiger partial charge >= 0.3 is 0 Å². The standard InChI is InChI=1S/C11H16N2O/c12-11-8-14-6-3-10(11)7-9-1-4-13-5-2-9/h1-2,4-5,10-11H,3,6-8,12H2. The van der Waals surface area contributed by atoms with Crippen LogP contribution in [0.1, 0.15) is 12.0 Å². The maximum atomic E-state index is 5.99. The van der Waals surface area contributed by atoms with Gasteiger partial charge in [0.25, 0.3) is 0 Å². The third-order valence-electron chi connectivity index (χ3n) is 2.80. The Morgan fingerprint density at radius 2 is 2.21 bits per heavy atom. The average Bonchev–Trinajstić information content (AvgIpc) is 2.23. The normalized spacial score (nSPS) is 27.5. The lowest BCUT2D eigenvalue weighted by Gasteiger charge is -2.28. The fourth-order valence-corrected chi connectivity index (χ4v) is 1.88. The molecule has 0 bridgehead atoms. The van der Waals surface area contributed by atoms with Gasteiger partial charge in [-0.25, -0.2) is 0 Å². The Bertz CT molecular complexity index is 276. The molecule has 2 heterocycles. The van der Waals surface area contributed by atoms with E-state index in [1.807, 2.05) is 12.4 Å². The van der Waals surface area contributed by atoms with Gasteiger partial charge in [0.1, 0.15) is 0 Å². The van der Waals surface area contributed by atoms with Crippen LogP contribution in [0.4, 0.5) is 0 Å². The molecule has 0 spiro atoms. The minimum Gasteiger partial charge on any atom is -0.380 e. The first-order chi connectivity index (χ1) is 6.86. The molecule has 3 nitrogen and oxygen atoms in total. The molecule has 0 aromatic carbocycles. The molecule has 1 aliphatic heterocycles. The number of ether oxygens (including phenoxy) is 1. The molecule has 0 aliphatic carbocycles. The van der Waals surface area contributed by atoms with Crippen molar-refractivity contribution in [3.05, 3.63) is 30.1 Å². The second-order valence-electron chi connectivity index (χ2n) is 3.85. The van der Waals surface area contributed by atoms with Gasteiger partial charge in [-0.15, -0.1) is 0 Å². The van der Waals surface area contributed by atoms with Crippen LogP contribution in [0.15, 0.2) is 24.5 Å². The van der Waals surface area contributed by atoms with Gasteiger partial charge in [0, 0.05) is 25.0 Å². The van der Waals surface area contributed by atoms with E-state index < -0.39 is 0 Å². The maximum Gasteiger partial charge on any atom is 0.0620 e. The number of pyridine rings is 1. The number of nitrogens with two attached hydrogens (primary N) is 1. The molecule has 1 aromatic heterocycles. The Hall–Kier alpha value is -0.930. The van der Waals surface area contributed by atoms with Gasteiger partial charge in [-0.1, -0.05) is 0 Å². The SMILES string of the molecule is NC1COCCC1Cc1ccncc1. The molecule has 0 saturated carbocycles. The minimum atomic E-state index is 0.192. The molecule has 1 aliphatic rings. The van der Waals surface area contributed by atoms with Crippen molar-refractivity contribution in [2.24, 2.45) is 11.7 Å². The summed E-state index contributed by atoms with van der Waals surface area (Å²) in [5.41, 5.74) is 7.31. The lowest BCUT2D eigenvalue weighted by molar-refractivity contribution is 0.0492. The largest absolute Gasteiger partial charge is 0.380 e. The van der Waals surface area contributed by atoms with Crippen LogP contribution in [0.2, 0.25) is 0 Å². The highest BCUT2D eigenvalue weighted by molar-refractivity contribution is 5.11. The summed E-state index contributed by atoms with van der Waals surface area (Å²) >= 11 is 0. The zero-order valence-corrected chi connectivity index (χ0v) is 8.23. The Kier molecular flexibility index (Phi) is 3.11. The second kappa shape index (κ2) is 4.53. The van der Waals surface area contributed by atoms with Gasteiger partial charge in [-0.05, 0) is 36.5 Å². The van der Waals surface area contributed by atoms with Crippen molar-refractivity contribution >= 4 is 0 Å². The Balaban J connectivity index is 1.96. The van der Waals surface area contributed by atoms with E-state index in [0.29, 0.717) is 12.5 Å². The van der Waals surface area contributed by atoms with Gasteiger partial charge in [0.2, 0.25) is 0 Å². The highest BCUT2D eigenvalue weighted by Gasteiger charge is 2.22. The van der Waals surface area contributed by atoms with E-state index in [1.165, 1.54) is 5.56 Å². The van der Waals surface area contributed by atoms with E-state index in [0.717, 1.165) is 19.4 Å². The summed E-state index contributed by atoms with van der Waals surface area (Å²) in [6.07, 6.45) is 5.79. The predicted molar refractivity (Wildman–Crippen MR) is 54.8 cm³/mol. The van der Waals surface area contributed by atoms with Gasteiger partial charge in [-0.3, -0.25) is 4.98 Å². The number of rotatable bonds is 2. The second-order valence-corrected chi connectivity index (χ2v) is 3.85. The average molecular weight is 192 g/mol. The van der Waals surface area contributed by atoms with Crippen LogP contribution in [0.5, 0.6) is 0 Å². The number of hydrogen-bond donors (Lipinski definition) is 1. The molecular weight excluding hydrogens is 176 g/mol. The summed E-state index contributed by atoms with van der Waals surface area (Å²) < 4.78 is 5.31. The van der Waals surface area contributed by atoms with Crippen LogP contribution in [0.25, 0.3) is 0 Å². The predicted octanol–water partition coefficient (Wildman–Crippen LogP) is 0.988. The van der Waals surface area contributed by atoms with Crippen molar-refractivity contribution in [1.29, 1.82) is 0 Å². The van der Waals surface area contributed by atoms with E-state index in [9.17, 15) is 0 Å². The maximum absolute atomic E-state index is 5.99. The fourth-order valence-electron chi connectivity index (χ4n) is 1.88. The topological polar surface area (TPSA) is 48.1 Å². The molecule has 14 heavy (non-hydrogen) atoms. The quantitative estimate of drug-likeness (QED) is 0.760. The highest BCUT2D eigenvalue weighted by atomic mass is 16.5. The number of nitrogens with zero attached hydrogens (tertiary/aromatic N) is 1. The molecule has 2 rings (SSSR count). The van der Waals surface area contributed by atoms with Crippen LogP contribution in [0.3, 0.4) is 0 Å². The van der Waals surface area contributed by atoms with Crippen molar-refractivity contribution in [2.75, 3.05) is 13.2 Å². The van der Waals surface area contributed by atoms with E-state index in [4.69, 9.17) is 10.5 Å². The summed E-state index contributed by atoms with van der Waals surface area (Å²) in [5, 5.41) is 0. The molecule has 0 amide bonds. The molecule has 2 N–H and O–H groups in total. The summed E-state index contributed by atoms with van der Waals surface area (Å²) in [5.74, 6) is 0.561. The molecule has 1 saturated heterocycles. The summed E-state index contributed by atoms with van der Waals surface area (Å²) in [6.45, 7) is 1.55. The monoisotopic (exact) mass is 192 g/mol.